The molecule has 0 aliphatic carbocycles. The minimum absolute atomic E-state index is 0.00417. The molecule has 2 rings (SSSR count). The number of rotatable bonds is 5. The molecule has 1 N–H and O–H groups in total. The van der Waals surface area contributed by atoms with Crippen molar-refractivity contribution in [2.24, 2.45) is 0 Å². The lowest BCUT2D eigenvalue weighted by Crippen LogP contribution is -2.14. The van der Waals surface area contributed by atoms with Crippen LogP contribution in [0.15, 0.2) is 48.5 Å². The highest BCUT2D eigenvalue weighted by molar-refractivity contribution is 6.30. The quantitative estimate of drug-likeness (QED) is 0.846. The first kappa shape index (κ1) is 15.2. The van der Waals surface area contributed by atoms with Crippen molar-refractivity contribution in [3.05, 3.63) is 64.9 Å². The molecule has 1 amide bonds. The Hall–Kier alpha value is -2.20. The van der Waals surface area contributed by atoms with E-state index in [1.807, 2.05) is 6.07 Å². The minimum Gasteiger partial charge on any atom is -0.324 e. The summed E-state index contributed by atoms with van der Waals surface area (Å²) in [5, 5.41) is 2.67. The van der Waals surface area contributed by atoms with Crippen LogP contribution in [0, 0.1) is 5.82 Å². The SMILES string of the molecule is O=C(CCC(=O)c1ccccc1)Nc1ccc(Cl)cc1F. The van der Waals surface area contributed by atoms with Crippen LogP contribution in [0.2, 0.25) is 5.02 Å². The van der Waals surface area contributed by atoms with Gasteiger partial charge in [0.05, 0.1) is 5.69 Å². The number of nitrogens with one attached hydrogen (secondary N) is 1. The third-order valence-electron chi connectivity index (χ3n) is 2.88. The summed E-state index contributed by atoms with van der Waals surface area (Å²) in [6.45, 7) is 0. The highest BCUT2D eigenvalue weighted by Gasteiger charge is 2.11. The minimum atomic E-state index is -0.606. The summed E-state index contributed by atoms with van der Waals surface area (Å²) in [7, 11) is 0. The van der Waals surface area contributed by atoms with Gasteiger partial charge in [-0.1, -0.05) is 41.9 Å². The van der Waals surface area contributed by atoms with Gasteiger partial charge in [-0.3, -0.25) is 9.59 Å². The molecular formula is C16H13ClFNO2. The first-order valence-corrected chi connectivity index (χ1v) is 6.77. The smallest absolute Gasteiger partial charge is 0.224 e. The van der Waals surface area contributed by atoms with E-state index in [0.29, 0.717) is 5.56 Å². The molecule has 0 aliphatic heterocycles. The molecule has 108 valence electrons. The van der Waals surface area contributed by atoms with Gasteiger partial charge in [-0.2, -0.15) is 0 Å². The molecular weight excluding hydrogens is 293 g/mol. The fraction of sp³-hybridized carbons (Fsp3) is 0.125. The Kier molecular flexibility index (Phi) is 5.06. The van der Waals surface area contributed by atoms with Crippen LogP contribution in [-0.4, -0.2) is 11.7 Å². The van der Waals surface area contributed by atoms with Crippen LogP contribution >= 0.6 is 11.6 Å². The number of ketones is 1. The molecule has 5 heteroatoms. The highest BCUT2D eigenvalue weighted by atomic mass is 35.5. The summed E-state index contributed by atoms with van der Waals surface area (Å²) >= 11 is 5.63. The summed E-state index contributed by atoms with van der Waals surface area (Å²) in [6.07, 6.45) is 0.0703. The number of hydrogen-bond acceptors (Lipinski definition) is 2. The van der Waals surface area contributed by atoms with E-state index < -0.39 is 11.7 Å². The zero-order chi connectivity index (χ0) is 15.2. The molecule has 0 spiro atoms. The Balaban J connectivity index is 1.89. The topological polar surface area (TPSA) is 46.2 Å². The van der Waals surface area contributed by atoms with E-state index in [0.717, 1.165) is 6.07 Å². The average Bonchev–Trinajstić information content (AvgIpc) is 2.48. The summed E-state index contributed by atoms with van der Waals surface area (Å²) in [6, 6.07) is 12.7. The number of amides is 1. The van der Waals surface area contributed by atoms with Crippen LogP contribution in [0.4, 0.5) is 10.1 Å². The zero-order valence-corrected chi connectivity index (χ0v) is 11.9. The van der Waals surface area contributed by atoms with Crippen molar-refractivity contribution in [2.45, 2.75) is 12.8 Å². The molecule has 0 unspecified atom stereocenters. The molecule has 2 aromatic rings. The van der Waals surface area contributed by atoms with Gasteiger partial charge in [0, 0.05) is 23.4 Å². The molecule has 0 saturated carbocycles. The summed E-state index contributed by atoms with van der Waals surface area (Å²) in [4.78, 5) is 23.6. The van der Waals surface area contributed by atoms with Crippen molar-refractivity contribution in [1.82, 2.24) is 0 Å². The molecule has 0 heterocycles. The fourth-order valence-corrected chi connectivity index (χ4v) is 1.96. The summed E-state index contributed by atoms with van der Waals surface area (Å²) in [5.41, 5.74) is 0.611. The molecule has 0 bridgehead atoms. The van der Waals surface area contributed by atoms with E-state index in [1.54, 1.807) is 24.3 Å². The molecule has 0 atom stereocenters. The first-order valence-electron chi connectivity index (χ1n) is 6.39. The van der Waals surface area contributed by atoms with Crippen LogP contribution in [-0.2, 0) is 4.79 Å². The predicted molar refractivity (Wildman–Crippen MR) is 80.0 cm³/mol. The second kappa shape index (κ2) is 6.99. The monoisotopic (exact) mass is 305 g/mol. The number of carbonyl (C=O) groups is 2. The fourth-order valence-electron chi connectivity index (χ4n) is 1.80. The van der Waals surface area contributed by atoms with E-state index in [4.69, 9.17) is 11.6 Å². The predicted octanol–water partition coefficient (Wildman–Crippen LogP) is 4.08. The van der Waals surface area contributed by atoms with Gasteiger partial charge < -0.3 is 5.32 Å². The van der Waals surface area contributed by atoms with E-state index >= 15 is 0 Å². The number of hydrogen-bond donors (Lipinski definition) is 1. The van der Waals surface area contributed by atoms with Gasteiger partial charge in [0.25, 0.3) is 0 Å². The van der Waals surface area contributed by atoms with Crippen molar-refractivity contribution < 1.29 is 14.0 Å². The Morgan fingerprint density at radius 2 is 1.76 bits per heavy atom. The van der Waals surface area contributed by atoms with Crippen molar-refractivity contribution in [2.75, 3.05) is 5.32 Å². The molecule has 0 aliphatic rings. The number of Topliss-reactive ketones (excluding diaryl/α,β-unsaturated/α-hetero) is 1. The number of halogens is 2. The number of carbonyl (C=O) groups excluding carboxylic acids is 2. The lowest BCUT2D eigenvalue weighted by molar-refractivity contribution is -0.116. The Morgan fingerprint density at radius 1 is 1.05 bits per heavy atom. The van der Waals surface area contributed by atoms with Gasteiger partial charge in [-0.15, -0.1) is 0 Å². The molecule has 0 aromatic heterocycles. The van der Waals surface area contributed by atoms with E-state index in [1.165, 1.54) is 12.1 Å². The highest BCUT2D eigenvalue weighted by Crippen LogP contribution is 2.19. The molecule has 3 nitrogen and oxygen atoms in total. The lowest BCUT2D eigenvalue weighted by atomic mass is 10.1. The Labute approximate surface area is 126 Å². The van der Waals surface area contributed by atoms with Crippen LogP contribution in [0.3, 0.4) is 0 Å². The van der Waals surface area contributed by atoms with Gasteiger partial charge in [-0.25, -0.2) is 4.39 Å². The maximum Gasteiger partial charge on any atom is 0.224 e. The van der Waals surface area contributed by atoms with Gasteiger partial charge in [-0.05, 0) is 18.2 Å². The average molecular weight is 306 g/mol. The van der Waals surface area contributed by atoms with Gasteiger partial charge >= 0.3 is 0 Å². The first-order chi connectivity index (χ1) is 10.1. The Morgan fingerprint density at radius 3 is 2.43 bits per heavy atom. The Bertz CT molecular complexity index is 659. The van der Waals surface area contributed by atoms with Gasteiger partial charge in [0.1, 0.15) is 5.82 Å². The van der Waals surface area contributed by atoms with Crippen molar-refractivity contribution in [3.8, 4) is 0 Å². The van der Waals surface area contributed by atoms with E-state index in [-0.39, 0.29) is 29.3 Å². The maximum atomic E-state index is 13.5. The maximum absolute atomic E-state index is 13.5. The van der Waals surface area contributed by atoms with Crippen molar-refractivity contribution in [1.29, 1.82) is 0 Å². The number of benzene rings is 2. The molecule has 21 heavy (non-hydrogen) atoms. The third-order valence-corrected chi connectivity index (χ3v) is 3.12. The molecule has 2 aromatic carbocycles. The second-order valence-electron chi connectivity index (χ2n) is 4.46. The number of anilines is 1. The standard InChI is InChI=1S/C16H13ClFNO2/c17-12-6-7-14(13(18)10-12)19-16(21)9-8-15(20)11-4-2-1-3-5-11/h1-7,10H,8-9H2,(H,19,21). The second-order valence-corrected chi connectivity index (χ2v) is 4.90. The third kappa shape index (κ3) is 4.39. The molecule has 0 radical (unpaired) electrons. The zero-order valence-electron chi connectivity index (χ0n) is 11.1. The molecule has 0 fully saturated rings. The van der Waals surface area contributed by atoms with E-state index in [9.17, 15) is 14.0 Å². The van der Waals surface area contributed by atoms with Gasteiger partial charge in [0.2, 0.25) is 5.91 Å². The van der Waals surface area contributed by atoms with Crippen molar-refractivity contribution in [3.63, 3.8) is 0 Å². The van der Waals surface area contributed by atoms with E-state index in [2.05, 4.69) is 5.32 Å². The normalized spacial score (nSPS) is 10.2. The summed E-state index contributed by atoms with van der Waals surface area (Å²) in [5.74, 6) is -1.15. The lowest BCUT2D eigenvalue weighted by Gasteiger charge is -2.06. The van der Waals surface area contributed by atoms with Crippen LogP contribution in [0.25, 0.3) is 0 Å². The largest absolute Gasteiger partial charge is 0.324 e. The molecule has 0 saturated heterocycles. The van der Waals surface area contributed by atoms with Crippen molar-refractivity contribution >= 4 is 29.0 Å². The van der Waals surface area contributed by atoms with Crippen LogP contribution < -0.4 is 5.32 Å². The van der Waals surface area contributed by atoms with Gasteiger partial charge in [0.15, 0.2) is 5.78 Å². The van der Waals surface area contributed by atoms with Crippen LogP contribution in [0.1, 0.15) is 23.2 Å². The summed E-state index contributed by atoms with van der Waals surface area (Å²) < 4.78 is 13.5. The van der Waals surface area contributed by atoms with Crippen LogP contribution in [0.5, 0.6) is 0 Å².